The fraction of sp³-hybridized carbons (Fsp3) is 0.308. The summed E-state index contributed by atoms with van der Waals surface area (Å²) >= 11 is 5.64. The van der Waals surface area contributed by atoms with Crippen molar-refractivity contribution < 1.29 is 9.13 Å². The van der Waals surface area contributed by atoms with Gasteiger partial charge in [-0.3, -0.25) is 4.68 Å². The summed E-state index contributed by atoms with van der Waals surface area (Å²) in [6, 6.07) is 4.70. The molecule has 0 saturated carbocycles. The first-order valence-corrected chi connectivity index (χ1v) is 6.09. The Morgan fingerprint density at radius 2 is 2.11 bits per heavy atom. The van der Waals surface area contributed by atoms with Crippen molar-refractivity contribution in [3.8, 4) is 11.5 Å². The molecular formula is C13H14ClFN2O. The second-order valence-corrected chi connectivity index (χ2v) is 4.39. The third-order valence-corrected chi connectivity index (χ3v) is 3.11. The molecule has 0 unspecified atom stereocenters. The summed E-state index contributed by atoms with van der Waals surface area (Å²) in [5.74, 6) is 0.635. The van der Waals surface area contributed by atoms with Gasteiger partial charge in [-0.25, -0.2) is 4.39 Å². The Balaban J connectivity index is 2.34. The highest BCUT2D eigenvalue weighted by Gasteiger charge is 2.14. The molecule has 96 valence electrons. The van der Waals surface area contributed by atoms with Crippen LogP contribution in [-0.2, 0) is 12.9 Å². The first kappa shape index (κ1) is 12.9. The molecule has 5 heteroatoms. The van der Waals surface area contributed by atoms with Crippen LogP contribution in [0.15, 0.2) is 18.2 Å². The van der Waals surface area contributed by atoms with Gasteiger partial charge in [0.1, 0.15) is 5.69 Å². The van der Waals surface area contributed by atoms with Gasteiger partial charge >= 0.3 is 0 Å². The zero-order valence-electron chi connectivity index (χ0n) is 10.5. The molecule has 0 N–H and O–H groups in total. The third-order valence-electron chi connectivity index (χ3n) is 2.81. The monoisotopic (exact) mass is 268 g/mol. The topological polar surface area (TPSA) is 27.1 Å². The lowest BCUT2D eigenvalue weighted by atomic mass is 10.2. The predicted octanol–water partition coefficient (Wildman–Crippen LogP) is 3.71. The van der Waals surface area contributed by atoms with Gasteiger partial charge in [-0.1, -0.05) is 6.07 Å². The molecule has 18 heavy (non-hydrogen) atoms. The molecule has 1 aromatic heterocycles. The van der Waals surface area contributed by atoms with E-state index in [2.05, 4.69) is 5.10 Å². The maximum absolute atomic E-state index is 13.8. The van der Waals surface area contributed by atoms with Crippen molar-refractivity contribution in [3.63, 3.8) is 0 Å². The molecule has 0 atom stereocenters. The number of nitrogens with zero attached hydrogens (tertiary/aromatic N) is 2. The zero-order valence-corrected chi connectivity index (χ0v) is 11.3. The van der Waals surface area contributed by atoms with Gasteiger partial charge in [0.2, 0.25) is 0 Å². The smallest absolute Gasteiger partial charge is 0.171 e. The molecular weight excluding hydrogens is 255 g/mol. The van der Waals surface area contributed by atoms with Gasteiger partial charge in [-0.05, 0) is 31.5 Å². The largest absolute Gasteiger partial charge is 0.450 e. The zero-order chi connectivity index (χ0) is 13.3. The van der Waals surface area contributed by atoms with Crippen molar-refractivity contribution in [3.05, 3.63) is 41.0 Å². The van der Waals surface area contributed by atoms with E-state index in [1.54, 1.807) is 16.8 Å². The molecule has 0 saturated heterocycles. The minimum Gasteiger partial charge on any atom is -0.450 e. The summed E-state index contributed by atoms with van der Waals surface area (Å²) in [7, 11) is 1.82. The maximum atomic E-state index is 13.8. The van der Waals surface area contributed by atoms with E-state index < -0.39 is 5.82 Å². The van der Waals surface area contributed by atoms with E-state index in [9.17, 15) is 4.39 Å². The number of aryl methyl sites for hydroxylation is 2. The Hall–Kier alpha value is -1.55. The Kier molecular flexibility index (Phi) is 3.57. The van der Waals surface area contributed by atoms with Crippen LogP contribution < -0.4 is 4.74 Å². The molecule has 1 aromatic carbocycles. The van der Waals surface area contributed by atoms with Crippen molar-refractivity contribution in [2.75, 3.05) is 0 Å². The Morgan fingerprint density at radius 1 is 1.39 bits per heavy atom. The number of hydrogen-bond donors (Lipinski definition) is 0. The average Bonchev–Trinajstić information content (AvgIpc) is 2.58. The normalized spacial score (nSPS) is 10.7. The number of ether oxygens (including phenoxy) is 1. The predicted molar refractivity (Wildman–Crippen MR) is 68.7 cm³/mol. The van der Waals surface area contributed by atoms with Gasteiger partial charge in [0.15, 0.2) is 17.3 Å². The van der Waals surface area contributed by atoms with Gasteiger partial charge in [0, 0.05) is 12.9 Å². The molecule has 2 aromatic rings. The lowest BCUT2D eigenvalue weighted by Crippen LogP contribution is -1.94. The van der Waals surface area contributed by atoms with E-state index in [1.807, 2.05) is 20.9 Å². The van der Waals surface area contributed by atoms with Crippen LogP contribution in [0.4, 0.5) is 4.39 Å². The van der Waals surface area contributed by atoms with Crippen molar-refractivity contribution >= 4 is 11.6 Å². The quantitative estimate of drug-likeness (QED) is 0.794. The van der Waals surface area contributed by atoms with Gasteiger partial charge < -0.3 is 4.74 Å². The van der Waals surface area contributed by atoms with E-state index in [0.29, 0.717) is 5.75 Å². The van der Waals surface area contributed by atoms with Crippen molar-refractivity contribution in [1.82, 2.24) is 9.78 Å². The SMILES string of the molecule is Cc1nn(C)c(C)c1Oc1ccc(CCl)cc1F. The lowest BCUT2D eigenvalue weighted by molar-refractivity contribution is 0.436. The third kappa shape index (κ3) is 2.34. The van der Waals surface area contributed by atoms with Crippen LogP contribution in [0.5, 0.6) is 11.5 Å². The Labute approximate surface area is 110 Å². The highest BCUT2D eigenvalue weighted by molar-refractivity contribution is 6.17. The van der Waals surface area contributed by atoms with Crippen molar-refractivity contribution in [2.45, 2.75) is 19.7 Å². The molecule has 0 amide bonds. The molecule has 0 radical (unpaired) electrons. The number of hydrogen-bond acceptors (Lipinski definition) is 2. The number of aromatic nitrogens is 2. The first-order chi connectivity index (χ1) is 8.52. The van der Waals surface area contributed by atoms with Gasteiger partial charge in [0.25, 0.3) is 0 Å². The van der Waals surface area contributed by atoms with Crippen LogP contribution in [0.3, 0.4) is 0 Å². The summed E-state index contributed by atoms with van der Waals surface area (Å²) in [6.07, 6.45) is 0. The molecule has 0 bridgehead atoms. The van der Waals surface area contributed by atoms with Crippen molar-refractivity contribution in [2.24, 2.45) is 7.05 Å². The number of benzene rings is 1. The minimum atomic E-state index is -0.421. The average molecular weight is 269 g/mol. The molecule has 0 spiro atoms. The summed E-state index contributed by atoms with van der Waals surface area (Å²) in [4.78, 5) is 0. The molecule has 0 aliphatic carbocycles. The number of halogens is 2. The molecule has 2 rings (SSSR count). The molecule has 1 heterocycles. The van der Waals surface area contributed by atoms with Crippen LogP contribution in [0, 0.1) is 19.7 Å². The standard InChI is InChI=1S/C13H14ClFN2O/c1-8-13(9(2)17(3)16-8)18-12-5-4-10(7-14)6-11(12)15/h4-6H,7H2,1-3H3. The minimum absolute atomic E-state index is 0.183. The lowest BCUT2D eigenvalue weighted by Gasteiger charge is -2.08. The summed E-state index contributed by atoms with van der Waals surface area (Å²) in [6.45, 7) is 3.70. The van der Waals surface area contributed by atoms with Gasteiger partial charge in [-0.15, -0.1) is 11.6 Å². The number of alkyl halides is 1. The fourth-order valence-electron chi connectivity index (χ4n) is 1.72. The summed E-state index contributed by atoms with van der Waals surface area (Å²) in [5.41, 5.74) is 2.31. The molecule has 0 aliphatic rings. The second kappa shape index (κ2) is 4.98. The van der Waals surface area contributed by atoms with E-state index in [1.165, 1.54) is 6.07 Å². The van der Waals surface area contributed by atoms with Crippen LogP contribution in [0.2, 0.25) is 0 Å². The molecule has 0 aliphatic heterocycles. The van der Waals surface area contributed by atoms with E-state index in [0.717, 1.165) is 17.0 Å². The summed E-state index contributed by atoms with van der Waals surface area (Å²) in [5, 5.41) is 4.22. The summed E-state index contributed by atoms with van der Waals surface area (Å²) < 4.78 is 21.1. The van der Waals surface area contributed by atoms with Crippen LogP contribution in [0.1, 0.15) is 17.0 Å². The van der Waals surface area contributed by atoms with E-state index in [-0.39, 0.29) is 11.6 Å². The Bertz CT molecular complexity index is 581. The van der Waals surface area contributed by atoms with Gasteiger partial charge in [-0.2, -0.15) is 5.10 Å². The highest BCUT2D eigenvalue weighted by Crippen LogP contribution is 2.30. The molecule has 3 nitrogen and oxygen atoms in total. The highest BCUT2D eigenvalue weighted by atomic mass is 35.5. The molecule has 0 fully saturated rings. The Morgan fingerprint density at radius 3 is 2.61 bits per heavy atom. The van der Waals surface area contributed by atoms with E-state index >= 15 is 0 Å². The van der Waals surface area contributed by atoms with Gasteiger partial charge in [0.05, 0.1) is 5.69 Å². The first-order valence-electron chi connectivity index (χ1n) is 5.55. The van der Waals surface area contributed by atoms with Crippen LogP contribution >= 0.6 is 11.6 Å². The maximum Gasteiger partial charge on any atom is 0.171 e. The van der Waals surface area contributed by atoms with Crippen molar-refractivity contribution in [1.29, 1.82) is 0 Å². The van der Waals surface area contributed by atoms with E-state index in [4.69, 9.17) is 16.3 Å². The van der Waals surface area contributed by atoms with Crippen LogP contribution in [0.25, 0.3) is 0 Å². The second-order valence-electron chi connectivity index (χ2n) is 4.12. The van der Waals surface area contributed by atoms with Crippen LogP contribution in [-0.4, -0.2) is 9.78 Å². The number of rotatable bonds is 3. The fourth-order valence-corrected chi connectivity index (χ4v) is 1.89.